The van der Waals surface area contributed by atoms with E-state index in [0.29, 0.717) is 36.3 Å². The minimum absolute atomic E-state index is 0.0838. The van der Waals surface area contributed by atoms with Gasteiger partial charge >= 0.3 is 5.63 Å². The van der Waals surface area contributed by atoms with Crippen molar-refractivity contribution in [3.8, 4) is 5.75 Å². The van der Waals surface area contributed by atoms with Crippen molar-refractivity contribution in [2.75, 3.05) is 13.7 Å². The summed E-state index contributed by atoms with van der Waals surface area (Å²) in [5, 5.41) is 2.95. The lowest BCUT2D eigenvalue weighted by Gasteiger charge is -2.27. The maximum atomic E-state index is 12.7. The van der Waals surface area contributed by atoms with Gasteiger partial charge in [0.1, 0.15) is 11.3 Å². The smallest absolute Gasteiger partial charge is 0.339 e. The molecule has 3 aromatic rings. The molecule has 27 heavy (non-hydrogen) atoms. The zero-order chi connectivity index (χ0) is 19.0. The largest absolute Gasteiger partial charge is 0.497 e. The van der Waals surface area contributed by atoms with Gasteiger partial charge in [0, 0.05) is 41.4 Å². The van der Waals surface area contributed by atoms with Gasteiger partial charge in [-0.2, -0.15) is 0 Å². The average molecular weight is 383 g/mol. The van der Waals surface area contributed by atoms with Crippen molar-refractivity contribution in [1.82, 2.24) is 4.90 Å². The number of aryl methyl sites for hydroxylation is 1. The Labute approximate surface area is 161 Å². The van der Waals surface area contributed by atoms with Crippen LogP contribution >= 0.6 is 11.3 Å². The summed E-state index contributed by atoms with van der Waals surface area (Å²) in [4.78, 5) is 28.4. The number of hydrogen-bond donors (Lipinski definition) is 0. The summed E-state index contributed by atoms with van der Waals surface area (Å²) < 4.78 is 10.7. The molecular formula is C21H21NO4S. The van der Waals surface area contributed by atoms with Gasteiger partial charge in [-0.05, 0) is 54.5 Å². The van der Waals surface area contributed by atoms with Crippen LogP contribution in [0.5, 0.6) is 5.75 Å². The monoisotopic (exact) mass is 383 g/mol. The highest BCUT2D eigenvalue weighted by Gasteiger charge is 2.22. The van der Waals surface area contributed by atoms with Gasteiger partial charge in [0.25, 0.3) is 0 Å². The first kappa shape index (κ1) is 17.8. The molecule has 1 aromatic carbocycles. The molecule has 0 aliphatic carbocycles. The second-order valence-electron chi connectivity index (χ2n) is 6.79. The summed E-state index contributed by atoms with van der Waals surface area (Å²) in [6, 6.07) is 7.54. The highest BCUT2D eigenvalue weighted by molar-refractivity contribution is 7.10. The van der Waals surface area contributed by atoms with E-state index in [1.807, 2.05) is 24.0 Å². The van der Waals surface area contributed by atoms with E-state index >= 15 is 0 Å². The van der Waals surface area contributed by atoms with Crippen LogP contribution in [-0.4, -0.2) is 24.5 Å². The normalized spacial score (nSPS) is 13.6. The fourth-order valence-electron chi connectivity index (χ4n) is 3.64. The molecule has 0 radical (unpaired) electrons. The molecule has 5 nitrogen and oxygen atoms in total. The number of rotatable bonds is 4. The molecule has 140 valence electrons. The van der Waals surface area contributed by atoms with Gasteiger partial charge in [-0.25, -0.2) is 4.79 Å². The average Bonchev–Trinajstić information content (AvgIpc) is 3.14. The summed E-state index contributed by atoms with van der Waals surface area (Å²) in [6.45, 7) is 3.32. The first-order valence-electron chi connectivity index (χ1n) is 9.00. The van der Waals surface area contributed by atoms with Crippen molar-refractivity contribution >= 4 is 28.2 Å². The maximum absolute atomic E-state index is 12.7. The van der Waals surface area contributed by atoms with Crippen LogP contribution in [0.25, 0.3) is 11.0 Å². The maximum Gasteiger partial charge on any atom is 0.339 e. The lowest BCUT2D eigenvalue weighted by Crippen LogP contribution is -2.35. The molecule has 0 saturated carbocycles. The highest BCUT2D eigenvalue weighted by Crippen LogP contribution is 2.26. The van der Waals surface area contributed by atoms with E-state index in [4.69, 9.17) is 9.15 Å². The minimum Gasteiger partial charge on any atom is -0.497 e. The van der Waals surface area contributed by atoms with Crippen molar-refractivity contribution in [3.05, 3.63) is 61.6 Å². The van der Waals surface area contributed by atoms with Gasteiger partial charge in [-0.3, -0.25) is 4.79 Å². The molecule has 1 aliphatic rings. The van der Waals surface area contributed by atoms with Gasteiger partial charge in [-0.1, -0.05) is 0 Å². The zero-order valence-electron chi connectivity index (χ0n) is 15.4. The van der Waals surface area contributed by atoms with Crippen molar-refractivity contribution in [2.24, 2.45) is 0 Å². The molecule has 0 bridgehead atoms. The molecule has 0 spiro atoms. The number of carbonyl (C=O) groups excluding carboxylic acids is 1. The number of methoxy groups -OCH3 is 1. The molecule has 0 saturated heterocycles. The molecule has 1 aliphatic heterocycles. The van der Waals surface area contributed by atoms with Gasteiger partial charge in [-0.15, -0.1) is 11.3 Å². The Hall–Kier alpha value is -2.60. The van der Waals surface area contributed by atoms with E-state index in [2.05, 4.69) is 11.4 Å². The Morgan fingerprint density at radius 1 is 1.33 bits per heavy atom. The molecule has 2 aromatic heterocycles. The number of amides is 1. The molecule has 1 amide bonds. The topological polar surface area (TPSA) is 59.8 Å². The quantitative estimate of drug-likeness (QED) is 0.645. The molecule has 0 atom stereocenters. The van der Waals surface area contributed by atoms with Crippen LogP contribution in [0.3, 0.4) is 0 Å². The standard InChI is InChI=1S/C21H21NO4S/c1-13-16-4-3-15(25-2)11-18(16)26-21(24)17(13)5-6-20(23)22-9-7-19-14(12-22)8-10-27-19/h3-4,8,10-11H,5-7,9,12H2,1-2H3. The number of fused-ring (bicyclic) bond motifs is 2. The van der Waals surface area contributed by atoms with Crippen LogP contribution in [0, 0.1) is 6.92 Å². The first-order chi connectivity index (χ1) is 13.1. The Kier molecular flexibility index (Phi) is 4.74. The van der Waals surface area contributed by atoms with Crippen LogP contribution in [0.15, 0.2) is 38.9 Å². The van der Waals surface area contributed by atoms with Crippen LogP contribution in [-0.2, 0) is 24.2 Å². The lowest BCUT2D eigenvalue weighted by atomic mass is 10.0. The predicted molar refractivity (Wildman–Crippen MR) is 106 cm³/mol. The minimum atomic E-state index is -0.375. The SMILES string of the molecule is COc1ccc2c(C)c(CCC(=O)N3CCc4sccc4C3)c(=O)oc2c1. The Balaban J connectivity index is 1.52. The molecular weight excluding hydrogens is 362 g/mol. The third kappa shape index (κ3) is 3.37. The third-order valence-corrected chi connectivity index (χ3v) is 6.27. The van der Waals surface area contributed by atoms with Gasteiger partial charge in [0.05, 0.1) is 7.11 Å². The third-order valence-electron chi connectivity index (χ3n) is 5.24. The fourth-order valence-corrected chi connectivity index (χ4v) is 4.53. The van der Waals surface area contributed by atoms with Crippen molar-refractivity contribution in [3.63, 3.8) is 0 Å². The van der Waals surface area contributed by atoms with Gasteiger partial charge in [0.15, 0.2) is 0 Å². The van der Waals surface area contributed by atoms with Crippen molar-refractivity contribution in [2.45, 2.75) is 32.7 Å². The number of hydrogen-bond acceptors (Lipinski definition) is 5. The lowest BCUT2D eigenvalue weighted by molar-refractivity contribution is -0.132. The molecule has 6 heteroatoms. The second-order valence-corrected chi connectivity index (χ2v) is 7.79. The summed E-state index contributed by atoms with van der Waals surface area (Å²) >= 11 is 1.76. The molecule has 4 rings (SSSR count). The van der Waals surface area contributed by atoms with Gasteiger partial charge < -0.3 is 14.1 Å². The number of ether oxygens (including phenoxy) is 1. The fraction of sp³-hybridized carbons (Fsp3) is 0.333. The van der Waals surface area contributed by atoms with Crippen molar-refractivity contribution < 1.29 is 13.9 Å². The summed E-state index contributed by atoms with van der Waals surface area (Å²) in [5.41, 5.74) is 2.83. The van der Waals surface area contributed by atoms with Gasteiger partial charge in [0.2, 0.25) is 5.91 Å². The van der Waals surface area contributed by atoms with Crippen molar-refractivity contribution in [1.29, 1.82) is 0 Å². The number of thiophene rings is 1. The molecule has 3 heterocycles. The summed E-state index contributed by atoms with van der Waals surface area (Å²) in [7, 11) is 1.58. The number of nitrogens with zero attached hydrogens (tertiary/aromatic N) is 1. The van der Waals surface area contributed by atoms with Crippen LogP contribution in [0.1, 0.15) is 28.0 Å². The molecule has 0 N–H and O–H groups in total. The van der Waals surface area contributed by atoms with E-state index < -0.39 is 0 Å². The summed E-state index contributed by atoms with van der Waals surface area (Å²) in [5.74, 6) is 0.728. The second kappa shape index (κ2) is 7.19. The van der Waals surface area contributed by atoms with Crippen LogP contribution in [0.4, 0.5) is 0 Å². The van der Waals surface area contributed by atoms with Crippen LogP contribution in [0.2, 0.25) is 0 Å². The van der Waals surface area contributed by atoms with E-state index in [0.717, 1.165) is 23.9 Å². The predicted octanol–water partition coefficient (Wildman–Crippen LogP) is 3.69. The first-order valence-corrected chi connectivity index (χ1v) is 9.88. The Morgan fingerprint density at radius 2 is 2.19 bits per heavy atom. The Morgan fingerprint density at radius 3 is 3.00 bits per heavy atom. The molecule has 0 unspecified atom stereocenters. The van der Waals surface area contributed by atoms with E-state index in [1.165, 1.54) is 10.4 Å². The van der Waals surface area contributed by atoms with E-state index in [1.54, 1.807) is 24.5 Å². The number of carbonyl (C=O) groups is 1. The highest BCUT2D eigenvalue weighted by atomic mass is 32.1. The number of benzene rings is 1. The summed E-state index contributed by atoms with van der Waals surface area (Å²) in [6.07, 6.45) is 1.62. The van der Waals surface area contributed by atoms with E-state index in [-0.39, 0.29) is 11.5 Å². The van der Waals surface area contributed by atoms with E-state index in [9.17, 15) is 9.59 Å². The molecule has 0 fully saturated rings. The van der Waals surface area contributed by atoms with Crippen LogP contribution < -0.4 is 10.4 Å². The zero-order valence-corrected chi connectivity index (χ0v) is 16.2. The Bertz CT molecular complexity index is 1070.